The third-order valence-electron chi connectivity index (χ3n) is 3.44. The molecule has 0 saturated heterocycles. The standard InChI is InChI=1S/C18H22O2/c1-15-7-5-8-16(13-15)17(14-19)9-6-12-20-18-10-3-2-4-11-18/h2-5,7-8,10-11,13,17,19H,6,9,12,14H2,1H3. The van der Waals surface area contributed by atoms with E-state index in [1.807, 2.05) is 36.4 Å². The van der Waals surface area contributed by atoms with Gasteiger partial charge in [0.15, 0.2) is 0 Å². The van der Waals surface area contributed by atoms with Crippen LogP contribution in [0.15, 0.2) is 54.6 Å². The van der Waals surface area contributed by atoms with Crippen LogP contribution >= 0.6 is 0 Å². The van der Waals surface area contributed by atoms with Gasteiger partial charge in [0, 0.05) is 12.5 Å². The minimum atomic E-state index is 0.189. The molecule has 2 rings (SSSR count). The van der Waals surface area contributed by atoms with E-state index in [0.717, 1.165) is 18.6 Å². The van der Waals surface area contributed by atoms with Gasteiger partial charge in [-0.3, -0.25) is 0 Å². The van der Waals surface area contributed by atoms with E-state index < -0.39 is 0 Å². The number of aliphatic hydroxyl groups excluding tert-OH is 1. The predicted octanol–water partition coefficient (Wildman–Crippen LogP) is 3.93. The molecular weight excluding hydrogens is 248 g/mol. The van der Waals surface area contributed by atoms with Crippen LogP contribution < -0.4 is 4.74 Å². The quantitative estimate of drug-likeness (QED) is 0.772. The van der Waals surface area contributed by atoms with Crippen molar-refractivity contribution in [3.05, 3.63) is 65.7 Å². The molecule has 0 bridgehead atoms. The largest absolute Gasteiger partial charge is 0.494 e. The second kappa shape index (κ2) is 7.71. The maximum Gasteiger partial charge on any atom is 0.119 e. The Morgan fingerprint density at radius 2 is 1.85 bits per heavy atom. The van der Waals surface area contributed by atoms with Crippen LogP contribution in [0.2, 0.25) is 0 Å². The van der Waals surface area contributed by atoms with Crippen molar-refractivity contribution in [3.63, 3.8) is 0 Å². The summed E-state index contributed by atoms with van der Waals surface area (Å²) in [4.78, 5) is 0. The van der Waals surface area contributed by atoms with Crippen LogP contribution in [0.25, 0.3) is 0 Å². The van der Waals surface area contributed by atoms with Gasteiger partial charge in [-0.05, 0) is 37.5 Å². The average Bonchev–Trinajstić information content (AvgIpc) is 2.48. The number of ether oxygens (including phenoxy) is 1. The summed E-state index contributed by atoms with van der Waals surface area (Å²) in [5, 5.41) is 9.55. The Kier molecular flexibility index (Phi) is 5.63. The molecule has 0 aliphatic rings. The molecule has 106 valence electrons. The van der Waals surface area contributed by atoms with Gasteiger partial charge in [0.05, 0.1) is 6.61 Å². The van der Waals surface area contributed by atoms with Gasteiger partial charge in [-0.25, -0.2) is 0 Å². The zero-order valence-corrected chi connectivity index (χ0v) is 12.0. The lowest BCUT2D eigenvalue weighted by Gasteiger charge is -2.15. The number of aryl methyl sites for hydroxylation is 1. The van der Waals surface area contributed by atoms with E-state index in [1.165, 1.54) is 11.1 Å². The first-order chi connectivity index (χ1) is 9.79. The van der Waals surface area contributed by atoms with Crippen molar-refractivity contribution in [2.75, 3.05) is 13.2 Å². The first kappa shape index (κ1) is 14.6. The molecule has 0 amide bonds. The summed E-state index contributed by atoms with van der Waals surface area (Å²) in [6.07, 6.45) is 1.88. The fourth-order valence-corrected chi connectivity index (χ4v) is 2.32. The van der Waals surface area contributed by atoms with Crippen LogP contribution in [0.4, 0.5) is 0 Å². The van der Waals surface area contributed by atoms with Crippen LogP contribution in [0.1, 0.15) is 29.9 Å². The molecule has 2 nitrogen and oxygen atoms in total. The van der Waals surface area contributed by atoms with Gasteiger partial charge >= 0.3 is 0 Å². The number of rotatable bonds is 7. The van der Waals surface area contributed by atoms with Crippen molar-refractivity contribution in [1.82, 2.24) is 0 Å². The average molecular weight is 270 g/mol. The number of hydrogen-bond donors (Lipinski definition) is 1. The molecule has 0 aliphatic carbocycles. The maximum atomic E-state index is 9.55. The molecule has 0 spiro atoms. The normalized spacial score (nSPS) is 12.1. The lowest BCUT2D eigenvalue weighted by molar-refractivity contribution is 0.243. The highest BCUT2D eigenvalue weighted by molar-refractivity contribution is 5.25. The monoisotopic (exact) mass is 270 g/mol. The summed E-state index contributed by atoms with van der Waals surface area (Å²) < 4.78 is 5.68. The van der Waals surface area contributed by atoms with E-state index in [4.69, 9.17) is 4.74 Å². The molecular formula is C18H22O2. The first-order valence-corrected chi connectivity index (χ1v) is 7.15. The van der Waals surface area contributed by atoms with E-state index >= 15 is 0 Å². The van der Waals surface area contributed by atoms with Crippen LogP contribution in [-0.4, -0.2) is 18.3 Å². The molecule has 0 heterocycles. The number of para-hydroxylation sites is 1. The van der Waals surface area contributed by atoms with Gasteiger partial charge in [0.25, 0.3) is 0 Å². The Balaban J connectivity index is 1.80. The number of aliphatic hydroxyl groups is 1. The first-order valence-electron chi connectivity index (χ1n) is 7.15. The Hall–Kier alpha value is -1.80. The Bertz CT molecular complexity index is 508. The molecule has 1 atom stereocenters. The molecule has 0 saturated carbocycles. The Labute approximate surface area is 121 Å². The predicted molar refractivity (Wildman–Crippen MR) is 82.2 cm³/mol. The van der Waals surface area contributed by atoms with Crippen molar-refractivity contribution in [3.8, 4) is 5.75 Å². The summed E-state index contributed by atoms with van der Waals surface area (Å²) in [7, 11) is 0. The molecule has 0 aliphatic heterocycles. The SMILES string of the molecule is Cc1cccc(C(CO)CCCOc2ccccc2)c1. The molecule has 1 N–H and O–H groups in total. The van der Waals surface area contributed by atoms with Gasteiger partial charge < -0.3 is 9.84 Å². The summed E-state index contributed by atoms with van der Waals surface area (Å²) in [6, 6.07) is 18.2. The van der Waals surface area contributed by atoms with Gasteiger partial charge in [-0.15, -0.1) is 0 Å². The second-order valence-electron chi connectivity index (χ2n) is 5.10. The van der Waals surface area contributed by atoms with Crippen LogP contribution in [0.5, 0.6) is 5.75 Å². The third kappa shape index (κ3) is 4.39. The van der Waals surface area contributed by atoms with Gasteiger partial charge in [0.2, 0.25) is 0 Å². The third-order valence-corrected chi connectivity index (χ3v) is 3.44. The zero-order valence-electron chi connectivity index (χ0n) is 12.0. The highest BCUT2D eigenvalue weighted by Gasteiger charge is 2.10. The van der Waals surface area contributed by atoms with Crippen LogP contribution in [0.3, 0.4) is 0 Å². The van der Waals surface area contributed by atoms with Crippen LogP contribution in [-0.2, 0) is 0 Å². The smallest absolute Gasteiger partial charge is 0.119 e. The van der Waals surface area contributed by atoms with Gasteiger partial charge in [0.1, 0.15) is 5.75 Å². The van der Waals surface area contributed by atoms with Crippen molar-refractivity contribution in [2.45, 2.75) is 25.7 Å². The molecule has 0 fully saturated rings. The van der Waals surface area contributed by atoms with Crippen LogP contribution in [0, 0.1) is 6.92 Å². The molecule has 0 aromatic heterocycles. The van der Waals surface area contributed by atoms with E-state index in [0.29, 0.717) is 6.61 Å². The van der Waals surface area contributed by atoms with Gasteiger partial charge in [-0.1, -0.05) is 48.0 Å². The van der Waals surface area contributed by atoms with Crippen molar-refractivity contribution in [1.29, 1.82) is 0 Å². The summed E-state index contributed by atoms with van der Waals surface area (Å²) >= 11 is 0. The molecule has 20 heavy (non-hydrogen) atoms. The molecule has 1 unspecified atom stereocenters. The van der Waals surface area contributed by atoms with E-state index in [-0.39, 0.29) is 12.5 Å². The maximum absolute atomic E-state index is 9.55. The molecule has 2 heteroatoms. The van der Waals surface area contributed by atoms with Crippen molar-refractivity contribution in [2.24, 2.45) is 0 Å². The Morgan fingerprint density at radius 3 is 2.55 bits per heavy atom. The Morgan fingerprint density at radius 1 is 1.05 bits per heavy atom. The highest BCUT2D eigenvalue weighted by atomic mass is 16.5. The summed E-state index contributed by atoms with van der Waals surface area (Å²) in [5.74, 6) is 1.11. The fraction of sp³-hybridized carbons (Fsp3) is 0.333. The highest BCUT2D eigenvalue weighted by Crippen LogP contribution is 2.22. The fourth-order valence-electron chi connectivity index (χ4n) is 2.32. The lowest BCUT2D eigenvalue weighted by Crippen LogP contribution is -2.07. The van der Waals surface area contributed by atoms with E-state index in [9.17, 15) is 5.11 Å². The summed E-state index contributed by atoms with van der Waals surface area (Å²) in [6.45, 7) is 2.96. The molecule has 2 aromatic carbocycles. The van der Waals surface area contributed by atoms with E-state index in [1.54, 1.807) is 0 Å². The molecule has 2 aromatic rings. The van der Waals surface area contributed by atoms with Gasteiger partial charge in [-0.2, -0.15) is 0 Å². The van der Waals surface area contributed by atoms with Crippen molar-refractivity contribution >= 4 is 0 Å². The minimum absolute atomic E-state index is 0.189. The lowest BCUT2D eigenvalue weighted by atomic mass is 9.94. The number of hydrogen-bond acceptors (Lipinski definition) is 2. The molecule has 0 radical (unpaired) electrons. The topological polar surface area (TPSA) is 29.5 Å². The minimum Gasteiger partial charge on any atom is -0.494 e. The van der Waals surface area contributed by atoms with Crippen molar-refractivity contribution < 1.29 is 9.84 Å². The number of benzene rings is 2. The van der Waals surface area contributed by atoms with E-state index in [2.05, 4.69) is 25.1 Å². The summed E-state index contributed by atoms with van der Waals surface area (Å²) in [5.41, 5.74) is 2.45. The second-order valence-corrected chi connectivity index (χ2v) is 5.10. The zero-order chi connectivity index (χ0) is 14.2.